The molecule has 4 heteroatoms. The molecule has 1 aromatic carbocycles. The van der Waals surface area contributed by atoms with Gasteiger partial charge in [-0.25, -0.2) is 4.39 Å². The highest BCUT2D eigenvalue weighted by Gasteiger charge is 2.27. The highest BCUT2D eigenvalue weighted by atomic mass is 79.9. The highest BCUT2D eigenvalue weighted by molar-refractivity contribution is 9.10. The minimum Gasteiger partial charge on any atom is -0.382 e. The first kappa shape index (κ1) is 13.3. The third-order valence-electron chi connectivity index (χ3n) is 2.58. The minimum absolute atomic E-state index is 0.0389. The van der Waals surface area contributed by atoms with E-state index in [1.165, 1.54) is 19.1 Å². The molecule has 16 heavy (non-hydrogen) atoms. The van der Waals surface area contributed by atoms with Gasteiger partial charge in [0.1, 0.15) is 11.4 Å². The van der Waals surface area contributed by atoms with E-state index in [1.807, 2.05) is 0 Å². The van der Waals surface area contributed by atoms with Crippen LogP contribution < -0.4 is 0 Å². The Bertz CT molecular complexity index is 382. The zero-order valence-electron chi connectivity index (χ0n) is 9.26. The number of hydrogen-bond donors (Lipinski definition) is 1. The van der Waals surface area contributed by atoms with Crippen molar-refractivity contribution in [1.29, 1.82) is 0 Å². The van der Waals surface area contributed by atoms with Crippen LogP contribution in [0.3, 0.4) is 0 Å². The van der Waals surface area contributed by atoms with E-state index in [4.69, 9.17) is 0 Å². The van der Waals surface area contributed by atoms with Crippen LogP contribution in [-0.2, 0) is 11.2 Å². The van der Waals surface area contributed by atoms with Crippen molar-refractivity contribution >= 4 is 21.7 Å². The summed E-state index contributed by atoms with van der Waals surface area (Å²) in [4.78, 5) is 11.7. The van der Waals surface area contributed by atoms with E-state index in [0.29, 0.717) is 16.5 Å². The van der Waals surface area contributed by atoms with Gasteiger partial charge in [0.2, 0.25) is 0 Å². The van der Waals surface area contributed by atoms with E-state index < -0.39 is 11.4 Å². The molecule has 0 aliphatic rings. The Morgan fingerprint density at radius 2 is 2.12 bits per heavy atom. The third kappa shape index (κ3) is 3.39. The third-order valence-corrected chi connectivity index (χ3v) is 3.03. The van der Waals surface area contributed by atoms with Crippen LogP contribution in [0.4, 0.5) is 4.39 Å². The lowest BCUT2D eigenvalue weighted by Crippen LogP contribution is -2.35. The van der Waals surface area contributed by atoms with Crippen LogP contribution in [0.2, 0.25) is 0 Å². The smallest absolute Gasteiger partial charge is 0.168 e. The van der Waals surface area contributed by atoms with Gasteiger partial charge in [-0.2, -0.15) is 0 Å². The fourth-order valence-corrected chi connectivity index (χ4v) is 1.80. The first-order valence-electron chi connectivity index (χ1n) is 5.06. The average molecular weight is 289 g/mol. The Kier molecular flexibility index (Phi) is 4.21. The second kappa shape index (κ2) is 5.06. The number of Topliss-reactive ketones (excluding diaryl/α,β-unsaturated/α-hetero) is 1. The zero-order chi connectivity index (χ0) is 12.3. The van der Waals surface area contributed by atoms with Crippen molar-refractivity contribution in [2.24, 2.45) is 0 Å². The Morgan fingerprint density at radius 1 is 1.50 bits per heavy atom. The van der Waals surface area contributed by atoms with Crippen molar-refractivity contribution in [3.8, 4) is 0 Å². The molecule has 2 nitrogen and oxygen atoms in total. The van der Waals surface area contributed by atoms with Gasteiger partial charge in [-0.05, 0) is 37.1 Å². The van der Waals surface area contributed by atoms with Gasteiger partial charge in [-0.1, -0.05) is 22.9 Å². The molecule has 0 saturated carbocycles. The van der Waals surface area contributed by atoms with E-state index in [0.717, 1.165) is 0 Å². The molecule has 1 unspecified atom stereocenters. The number of rotatable bonds is 4. The molecule has 0 aliphatic carbocycles. The molecule has 0 spiro atoms. The first-order valence-corrected chi connectivity index (χ1v) is 5.85. The normalized spacial score (nSPS) is 14.6. The summed E-state index contributed by atoms with van der Waals surface area (Å²) in [6.45, 7) is 3.21. The van der Waals surface area contributed by atoms with Crippen LogP contribution in [-0.4, -0.2) is 16.5 Å². The SMILES string of the molecule is CCC(C)(O)C(=O)Cc1cc(F)cc(Br)c1. The van der Waals surface area contributed by atoms with Gasteiger partial charge in [0.25, 0.3) is 0 Å². The molecule has 0 aromatic heterocycles. The van der Waals surface area contributed by atoms with Crippen LogP contribution in [0, 0.1) is 5.82 Å². The number of benzene rings is 1. The maximum atomic E-state index is 13.1. The molecule has 1 aromatic rings. The molecular weight excluding hydrogens is 275 g/mol. The first-order chi connectivity index (χ1) is 7.35. The van der Waals surface area contributed by atoms with Crippen molar-refractivity contribution in [3.05, 3.63) is 34.1 Å². The Labute approximate surface area is 103 Å². The molecular formula is C12H14BrFO2. The van der Waals surface area contributed by atoms with Gasteiger partial charge < -0.3 is 5.11 Å². The topological polar surface area (TPSA) is 37.3 Å². The van der Waals surface area contributed by atoms with Gasteiger partial charge in [0, 0.05) is 10.9 Å². The number of carbonyl (C=O) groups is 1. The maximum absolute atomic E-state index is 13.1. The summed E-state index contributed by atoms with van der Waals surface area (Å²) in [6, 6.07) is 4.30. The van der Waals surface area contributed by atoms with Gasteiger partial charge in [-0.15, -0.1) is 0 Å². The second-order valence-corrected chi connectivity index (χ2v) is 4.92. The van der Waals surface area contributed by atoms with Crippen LogP contribution >= 0.6 is 15.9 Å². The van der Waals surface area contributed by atoms with E-state index in [-0.39, 0.29) is 12.2 Å². The van der Waals surface area contributed by atoms with E-state index >= 15 is 0 Å². The molecule has 0 radical (unpaired) electrons. The summed E-state index contributed by atoms with van der Waals surface area (Å²) in [5, 5.41) is 9.74. The van der Waals surface area contributed by atoms with Crippen molar-refractivity contribution in [2.75, 3.05) is 0 Å². The zero-order valence-corrected chi connectivity index (χ0v) is 10.8. The summed E-state index contributed by atoms with van der Waals surface area (Å²) in [5.74, 6) is -0.694. The van der Waals surface area contributed by atoms with Crippen LogP contribution in [0.1, 0.15) is 25.8 Å². The van der Waals surface area contributed by atoms with Gasteiger partial charge in [0.05, 0.1) is 0 Å². The number of hydrogen-bond acceptors (Lipinski definition) is 2. The predicted octanol–water partition coefficient (Wildman–Crippen LogP) is 2.86. The molecule has 0 amide bonds. The molecule has 1 rings (SSSR count). The fraction of sp³-hybridized carbons (Fsp3) is 0.417. The average Bonchev–Trinajstić information content (AvgIpc) is 2.15. The molecule has 0 aliphatic heterocycles. The lowest BCUT2D eigenvalue weighted by atomic mass is 9.93. The monoisotopic (exact) mass is 288 g/mol. The molecule has 0 heterocycles. The number of ketones is 1. The van der Waals surface area contributed by atoms with Gasteiger partial charge >= 0.3 is 0 Å². The van der Waals surface area contributed by atoms with E-state index in [1.54, 1.807) is 13.0 Å². The number of carbonyl (C=O) groups excluding carboxylic acids is 1. The number of halogens is 2. The van der Waals surface area contributed by atoms with Crippen LogP contribution in [0.5, 0.6) is 0 Å². The number of aliphatic hydroxyl groups is 1. The Morgan fingerprint density at radius 3 is 2.62 bits per heavy atom. The largest absolute Gasteiger partial charge is 0.382 e. The van der Waals surface area contributed by atoms with Gasteiger partial charge in [-0.3, -0.25) is 4.79 Å². The lowest BCUT2D eigenvalue weighted by molar-refractivity contribution is -0.135. The van der Waals surface area contributed by atoms with Gasteiger partial charge in [0.15, 0.2) is 5.78 Å². The Balaban J connectivity index is 2.85. The van der Waals surface area contributed by atoms with Crippen molar-refractivity contribution in [1.82, 2.24) is 0 Å². The molecule has 0 fully saturated rings. The minimum atomic E-state index is -1.33. The second-order valence-electron chi connectivity index (χ2n) is 4.01. The lowest BCUT2D eigenvalue weighted by Gasteiger charge is -2.19. The van der Waals surface area contributed by atoms with E-state index in [9.17, 15) is 14.3 Å². The van der Waals surface area contributed by atoms with Crippen molar-refractivity contribution < 1.29 is 14.3 Å². The molecule has 88 valence electrons. The summed E-state index contributed by atoms with van der Waals surface area (Å²) >= 11 is 3.16. The van der Waals surface area contributed by atoms with Crippen LogP contribution in [0.25, 0.3) is 0 Å². The molecule has 0 bridgehead atoms. The molecule has 1 N–H and O–H groups in total. The van der Waals surface area contributed by atoms with Crippen molar-refractivity contribution in [3.63, 3.8) is 0 Å². The van der Waals surface area contributed by atoms with Crippen molar-refractivity contribution in [2.45, 2.75) is 32.3 Å². The molecule has 0 saturated heterocycles. The summed E-state index contributed by atoms with van der Waals surface area (Å²) < 4.78 is 13.6. The quantitative estimate of drug-likeness (QED) is 0.925. The summed E-state index contributed by atoms with van der Waals surface area (Å²) in [6.07, 6.45) is 0.388. The Hall–Kier alpha value is -0.740. The summed E-state index contributed by atoms with van der Waals surface area (Å²) in [5.41, 5.74) is -0.774. The fourth-order valence-electron chi connectivity index (χ4n) is 1.29. The van der Waals surface area contributed by atoms with E-state index in [2.05, 4.69) is 15.9 Å². The standard InChI is InChI=1S/C12H14BrFO2/c1-3-12(2,16)11(15)6-8-4-9(13)7-10(14)5-8/h4-5,7,16H,3,6H2,1-2H3. The molecule has 1 atom stereocenters. The summed E-state index contributed by atoms with van der Waals surface area (Å²) in [7, 11) is 0. The highest BCUT2D eigenvalue weighted by Crippen LogP contribution is 2.18. The maximum Gasteiger partial charge on any atom is 0.168 e. The van der Waals surface area contributed by atoms with Crippen LogP contribution in [0.15, 0.2) is 22.7 Å². The predicted molar refractivity (Wildman–Crippen MR) is 63.7 cm³/mol.